The molecule has 0 bridgehead atoms. The Morgan fingerprint density at radius 3 is 2.68 bits per heavy atom. The number of benzene rings is 1. The van der Waals surface area contributed by atoms with Crippen molar-refractivity contribution in [3.05, 3.63) is 64.6 Å². The summed E-state index contributed by atoms with van der Waals surface area (Å²) in [6.45, 7) is 5.44. The summed E-state index contributed by atoms with van der Waals surface area (Å²) in [6, 6.07) is 7.80. The Labute approximate surface area is 178 Å². The first-order valence-electron chi connectivity index (χ1n) is 9.87. The number of amides is 1. The normalized spacial score (nSPS) is 15.5. The Morgan fingerprint density at radius 2 is 1.97 bits per heavy atom. The maximum atomic E-state index is 13.0. The van der Waals surface area contributed by atoms with Gasteiger partial charge in [-0.05, 0) is 56.9 Å². The maximum Gasteiger partial charge on any atom is 0.354 e. The van der Waals surface area contributed by atoms with E-state index < -0.39 is 17.5 Å². The van der Waals surface area contributed by atoms with Gasteiger partial charge in [-0.1, -0.05) is 6.07 Å². The van der Waals surface area contributed by atoms with Gasteiger partial charge >= 0.3 is 11.9 Å². The number of aromatic nitrogens is 3. The van der Waals surface area contributed by atoms with Gasteiger partial charge in [-0.2, -0.15) is 5.10 Å². The third-order valence-electron chi connectivity index (χ3n) is 4.97. The molecule has 2 aromatic heterocycles. The van der Waals surface area contributed by atoms with E-state index in [1.54, 1.807) is 12.1 Å². The van der Waals surface area contributed by atoms with Crippen LogP contribution in [0.4, 0.5) is 0 Å². The van der Waals surface area contributed by atoms with Crippen LogP contribution in [0.25, 0.3) is 5.65 Å². The lowest BCUT2D eigenvalue weighted by molar-refractivity contribution is 0.00690. The second-order valence-electron chi connectivity index (χ2n) is 8.41. The standard InChI is InChI=1S/C22H22N4O5/c1-22(2,3)31-21(30)13-4-6-14-12(10-13)5-7-15(14)25-19(27)17-11-16(20(28)29)24-18-8-9-23-26(17)18/h4,6,8-11,15H,5,7H2,1-3H3,(H,25,27)(H,28,29)/t15-/m0/s1. The van der Waals surface area contributed by atoms with Gasteiger partial charge in [-0.15, -0.1) is 0 Å². The van der Waals surface area contributed by atoms with Crippen LogP contribution in [0.15, 0.2) is 36.5 Å². The van der Waals surface area contributed by atoms with Crippen LogP contribution in [-0.4, -0.2) is 43.2 Å². The van der Waals surface area contributed by atoms with E-state index in [1.165, 1.54) is 22.8 Å². The molecule has 0 aliphatic heterocycles. The molecule has 2 N–H and O–H groups in total. The van der Waals surface area contributed by atoms with Gasteiger partial charge in [0.05, 0.1) is 17.8 Å². The largest absolute Gasteiger partial charge is 0.477 e. The van der Waals surface area contributed by atoms with E-state index in [0.29, 0.717) is 18.4 Å². The molecule has 9 heteroatoms. The number of esters is 1. The van der Waals surface area contributed by atoms with Gasteiger partial charge in [-0.3, -0.25) is 4.79 Å². The summed E-state index contributed by atoms with van der Waals surface area (Å²) in [5.74, 6) is -2.06. The molecule has 4 rings (SSSR count). The summed E-state index contributed by atoms with van der Waals surface area (Å²) in [7, 11) is 0. The van der Waals surface area contributed by atoms with Gasteiger partial charge in [0.1, 0.15) is 11.3 Å². The van der Waals surface area contributed by atoms with Crippen molar-refractivity contribution in [2.24, 2.45) is 0 Å². The number of carbonyl (C=O) groups excluding carboxylic acids is 2. The van der Waals surface area contributed by atoms with Crippen LogP contribution in [0.3, 0.4) is 0 Å². The van der Waals surface area contributed by atoms with Crippen molar-refractivity contribution < 1.29 is 24.2 Å². The highest BCUT2D eigenvalue weighted by atomic mass is 16.6. The number of fused-ring (bicyclic) bond motifs is 2. The number of carboxylic acids is 1. The minimum absolute atomic E-state index is 0.0891. The number of aromatic carboxylic acids is 1. The van der Waals surface area contributed by atoms with Crippen molar-refractivity contribution in [2.75, 3.05) is 0 Å². The predicted octanol–water partition coefficient (Wildman–Crippen LogP) is 2.80. The van der Waals surface area contributed by atoms with Crippen LogP contribution in [0.1, 0.15) is 75.7 Å². The fraction of sp³-hybridized carbons (Fsp3) is 0.318. The zero-order chi connectivity index (χ0) is 22.3. The highest BCUT2D eigenvalue weighted by Crippen LogP contribution is 2.32. The van der Waals surface area contributed by atoms with Crippen molar-refractivity contribution in [1.29, 1.82) is 0 Å². The van der Waals surface area contributed by atoms with Gasteiger partial charge < -0.3 is 15.2 Å². The molecule has 0 saturated heterocycles. The number of hydrogen-bond acceptors (Lipinski definition) is 6. The Hall–Kier alpha value is -3.75. The molecular weight excluding hydrogens is 400 g/mol. The van der Waals surface area contributed by atoms with Crippen molar-refractivity contribution in [1.82, 2.24) is 19.9 Å². The number of ether oxygens (including phenoxy) is 1. The molecule has 3 aromatic rings. The molecule has 1 aliphatic rings. The van der Waals surface area contributed by atoms with E-state index >= 15 is 0 Å². The number of carbonyl (C=O) groups is 3. The lowest BCUT2D eigenvalue weighted by atomic mass is 10.0. The van der Waals surface area contributed by atoms with Crippen molar-refractivity contribution in [3.8, 4) is 0 Å². The Kier molecular flexibility index (Phi) is 4.96. The zero-order valence-corrected chi connectivity index (χ0v) is 17.4. The number of hydrogen-bond donors (Lipinski definition) is 2. The first-order chi connectivity index (χ1) is 14.6. The van der Waals surface area contributed by atoms with E-state index in [0.717, 1.165) is 11.1 Å². The lowest BCUT2D eigenvalue weighted by Crippen LogP contribution is -2.29. The topological polar surface area (TPSA) is 123 Å². The van der Waals surface area contributed by atoms with E-state index in [-0.39, 0.29) is 29.0 Å². The van der Waals surface area contributed by atoms with Crippen LogP contribution in [0.2, 0.25) is 0 Å². The monoisotopic (exact) mass is 422 g/mol. The fourth-order valence-corrected chi connectivity index (χ4v) is 3.65. The van der Waals surface area contributed by atoms with E-state index in [9.17, 15) is 19.5 Å². The van der Waals surface area contributed by atoms with Crippen LogP contribution in [0, 0.1) is 0 Å². The van der Waals surface area contributed by atoms with Crippen molar-refractivity contribution in [3.63, 3.8) is 0 Å². The first-order valence-corrected chi connectivity index (χ1v) is 9.87. The Morgan fingerprint density at radius 1 is 1.19 bits per heavy atom. The van der Waals surface area contributed by atoms with Crippen LogP contribution in [-0.2, 0) is 11.2 Å². The van der Waals surface area contributed by atoms with E-state index in [2.05, 4.69) is 15.4 Å². The van der Waals surface area contributed by atoms with Gasteiger partial charge in [0.25, 0.3) is 5.91 Å². The molecule has 31 heavy (non-hydrogen) atoms. The Bertz CT molecular complexity index is 1210. The summed E-state index contributed by atoms with van der Waals surface area (Å²) in [5.41, 5.74) is 1.92. The first kappa shape index (κ1) is 20.5. The quantitative estimate of drug-likeness (QED) is 0.620. The number of nitrogens with one attached hydrogen (secondary N) is 1. The SMILES string of the molecule is CC(C)(C)OC(=O)c1ccc2c(c1)CC[C@@H]2NC(=O)c1cc(C(=O)O)nc2ccnn12. The minimum atomic E-state index is -1.22. The molecule has 0 radical (unpaired) electrons. The maximum absolute atomic E-state index is 13.0. The molecule has 0 fully saturated rings. The summed E-state index contributed by atoms with van der Waals surface area (Å²) in [4.78, 5) is 40.6. The number of nitrogens with zero attached hydrogens (tertiary/aromatic N) is 3. The van der Waals surface area contributed by atoms with Crippen molar-refractivity contribution >= 4 is 23.5 Å². The Balaban J connectivity index is 1.57. The van der Waals surface area contributed by atoms with Gasteiger partial charge in [0, 0.05) is 12.1 Å². The van der Waals surface area contributed by atoms with Gasteiger partial charge in [0.2, 0.25) is 0 Å². The predicted molar refractivity (Wildman–Crippen MR) is 110 cm³/mol. The number of rotatable bonds is 4. The molecule has 1 aliphatic carbocycles. The molecule has 1 amide bonds. The molecule has 1 aromatic carbocycles. The fourth-order valence-electron chi connectivity index (χ4n) is 3.65. The average molecular weight is 422 g/mol. The second kappa shape index (κ2) is 7.50. The summed E-state index contributed by atoms with van der Waals surface area (Å²) in [6.07, 6.45) is 2.82. The van der Waals surface area contributed by atoms with Crippen LogP contribution in [0.5, 0.6) is 0 Å². The molecule has 1 atom stereocenters. The smallest absolute Gasteiger partial charge is 0.354 e. The minimum Gasteiger partial charge on any atom is -0.477 e. The molecular formula is C22H22N4O5. The highest BCUT2D eigenvalue weighted by Gasteiger charge is 2.28. The molecule has 0 spiro atoms. The molecule has 0 saturated carbocycles. The molecule has 9 nitrogen and oxygen atoms in total. The van der Waals surface area contributed by atoms with Gasteiger partial charge in [0.15, 0.2) is 11.3 Å². The third kappa shape index (κ3) is 4.11. The lowest BCUT2D eigenvalue weighted by Gasteiger charge is -2.20. The third-order valence-corrected chi connectivity index (χ3v) is 4.97. The molecule has 2 heterocycles. The summed E-state index contributed by atoms with van der Waals surface area (Å²) < 4.78 is 6.73. The summed E-state index contributed by atoms with van der Waals surface area (Å²) in [5, 5.41) is 16.3. The summed E-state index contributed by atoms with van der Waals surface area (Å²) >= 11 is 0. The van der Waals surface area contributed by atoms with Crippen LogP contribution >= 0.6 is 0 Å². The second-order valence-corrected chi connectivity index (χ2v) is 8.41. The molecule has 0 unspecified atom stereocenters. The zero-order valence-electron chi connectivity index (χ0n) is 17.4. The number of carboxylic acid groups (broad SMARTS) is 1. The van der Waals surface area contributed by atoms with E-state index in [1.807, 2.05) is 26.8 Å². The van der Waals surface area contributed by atoms with Crippen LogP contribution < -0.4 is 5.32 Å². The van der Waals surface area contributed by atoms with E-state index in [4.69, 9.17) is 4.74 Å². The highest BCUT2D eigenvalue weighted by molar-refractivity contribution is 5.96. The molecule has 160 valence electrons. The van der Waals surface area contributed by atoms with Gasteiger partial charge in [-0.25, -0.2) is 19.1 Å². The average Bonchev–Trinajstić information content (AvgIpc) is 3.32. The van der Waals surface area contributed by atoms with Crippen molar-refractivity contribution in [2.45, 2.75) is 45.3 Å². The number of aryl methyl sites for hydroxylation is 1.